The fourth-order valence-electron chi connectivity index (χ4n) is 2.97. The highest BCUT2D eigenvalue weighted by Gasteiger charge is 2.09. The van der Waals surface area contributed by atoms with Crippen LogP contribution in [0, 0.1) is 11.6 Å². The summed E-state index contributed by atoms with van der Waals surface area (Å²) in [5, 5.41) is 6.51. The molecular weight excluding hydrogens is 374 g/mol. The Morgan fingerprint density at radius 3 is 2.62 bits per heavy atom. The third kappa shape index (κ3) is 4.19. The van der Waals surface area contributed by atoms with Crippen molar-refractivity contribution in [3.05, 3.63) is 95.8 Å². The van der Waals surface area contributed by atoms with E-state index in [2.05, 4.69) is 20.6 Å². The van der Waals surface area contributed by atoms with Gasteiger partial charge in [-0.05, 0) is 48.0 Å². The van der Waals surface area contributed by atoms with Crippen molar-refractivity contribution in [2.75, 3.05) is 10.6 Å². The van der Waals surface area contributed by atoms with Crippen LogP contribution in [0.5, 0.6) is 0 Å². The van der Waals surface area contributed by atoms with Gasteiger partial charge in [0.05, 0.1) is 0 Å². The summed E-state index contributed by atoms with van der Waals surface area (Å²) in [7, 11) is 0. The van der Waals surface area contributed by atoms with E-state index in [1.807, 2.05) is 6.07 Å². The zero-order valence-corrected chi connectivity index (χ0v) is 15.2. The molecule has 4 aromatic rings. The monoisotopic (exact) mass is 390 g/mol. The number of carbonyl (C=O) groups excluding carboxylic acids is 1. The quantitative estimate of drug-likeness (QED) is 0.515. The topological polar surface area (TPSA) is 66.9 Å². The molecule has 144 valence electrons. The van der Waals surface area contributed by atoms with Gasteiger partial charge in [0.25, 0.3) is 5.91 Å². The number of anilines is 2. The normalized spacial score (nSPS) is 10.7. The molecule has 1 amide bonds. The SMILES string of the molecule is O=C(Nc1cccc(CNc2ncnc3c(F)cccc23)c1)c1cccc(F)c1. The van der Waals surface area contributed by atoms with Crippen LogP contribution >= 0.6 is 0 Å². The Kier molecular flexibility index (Phi) is 5.11. The Hall–Kier alpha value is -3.87. The van der Waals surface area contributed by atoms with Crippen LogP contribution in [0.2, 0.25) is 0 Å². The van der Waals surface area contributed by atoms with Crippen LogP contribution in [-0.2, 0) is 6.54 Å². The minimum Gasteiger partial charge on any atom is -0.365 e. The third-order valence-corrected chi connectivity index (χ3v) is 4.35. The molecule has 1 heterocycles. The molecule has 29 heavy (non-hydrogen) atoms. The first-order valence-electron chi connectivity index (χ1n) is 8.89. The Balaban J connectivity index is 1.49. The second-order valence-corrected chi connectivity index (χ2v) is 6.38. The number of para-hydroxylation sites is 1. The average Bonchev–Trinajstić information content (AvgIpc) is 2.73. The van der Waals surface area contributed by atoms with Crippen molar-refractivity contribution in [2.24, 2.45) is 0 Å². The van der Waals surface area contributed by atoms with Crippen LogP contribution in [0.1, 0.15) is 15.9 Å². The predicted molar refractivity (Wildman–Crippen MR) is 108 cm³/mol. The molecule has 2 N–H and O–H groups in total. The van der Waals surface area contributed by atoms with E-state index in [9.17, 15) is 13.6 Å². The van der Waals surface area contributed by atoms with Gasteiger partial charge in [0, 0.05) is 23.2 Å². The number of carbonyl (C=O) groups is 1. The molecule has 0 aliphatic heterocycles. The number of benzene rings is 3. The van der Waals surface area contributed by atoms with Crippen molar-refractivity contribution >= 4 is 28.3 Å². The minimum atomic E-state index is -0.468. The van der Waals surface area contributed by atoms with Crippen LogP contribution in [0.4, 0.5) is 20.3 Å². The molecule has 0 spiro atoms. The zero-order valence-electron chi connectivity index (χ0n) is 15.2. The summed E-state index contributed by atoms with van der Waals surface area (Å²) in [4.78, 5) is 20.5. The molecule has 0 atom stereocenters. The molecule has 0 bridgehead atoms. The molecule has 0 radical (unpaired) electrons. The number of nitrogens with zero attached hydrogens (tertiary/aromatic N) is 2. The van der Waals surface area contributed by atoms with Crippen molar-refractivity contribution in [1.29, 1.82) is 0 Å². The summed E-state index contributed by atoms with van der Waals surface area (Å²) in [6, 6.07) is 17.4. The summed E-state index contributed by atoms with van der Waals surface area (Å²) in [6.07, 6.45) is 1.31. The molecule has 0 saturated carbocycles. The first kappa shape index (κ1) is 18.5. The maximum atomic E-state index is 13.9. The van der Waals surface area contributed by atoms with Gasteiger partial charge in [-0.3, -0.25) is 4.79 Å². The Morgan fingerprint density at radius 1 is 0.931 bits per heavy atom. The van der Waals surface area contributed by atoms with Gasteiger partial charge in [0.1, 0.15) is 29.3 Å². The fraction of sp³-hybridized carbons (Fsp3) is 0.0455. The highest BCUT2D eigenvalue weighted by molar-refractivity contribution is 6.04. The number of hydrogen-bond acceptors (Lipinski definition) is 4. The van der Waals surface area contributed by atoms with E-state index >= 15 is 0 Å². The lowest BCUT2D eigenvalue weighted by molar-refractivity contribution is 0.102. The summed E-state index contributed by atoms with van der Waals surface area (Å²) in [6.45, 7) is 0.409. The predicted octanol–water partition coefficient (Wildman–Crippen LogP) is 4.77. The Labute approximate surface area is 165 Å². The van der Waals surface area contributed by atoms with E-state index in [1.165, 1.54) is 30.6 Å². The van der Waals surface area contributed by atoms with Crippen molar-refractivity contribution in [3.63, 3.8) is 0 Å². The maximum Gasteiger partial charge on any atom is 0.255 e. The molecule has 5 nitrogen and oxygen atoms in total. The summed E-state index contributed by atoms with van der Waals surface area (Å²) in [5.74, 6) is -0.755. The van der Waals surface area contributed by atoms with Gasteiger partial charge in [0.2, 0.25) is 0 Å². The number of aromatic nitrogens is 2. The number of fused-ring (bicyclic) bond motifs is 1. The standard InChI is InChI=1S/C22H16F2N4O/c23-16-6-2-5-15(11-16)22(29)28-17-7-1-4-14(10-17)12-25-21-18-8-3-9-19(24)20(18)26-13-27-21/h1-11,13H,12H2,(H,28,29)(H,25,26,27). The fourth-order valence-corrected chi connectivity index (χ4v) is 2.97. The lowest BCUT2D eigenvalue weighted by Gasteiger charge is -2.10. The number of nitrogens with one attached hydrogen (secondary N) is 2. The number of amides is 1. The van der Waals surface area contributed by atoms with Crippen molar-refractivity contribution in [3.8, 4) is 0 Å². The molecule has 1 aromatic heterocycles. The molecule has 4 rings (SSSR count). The Bertz CT molecular complexity index is 1200. The highest BCUT2D eigenvalue weighted by Crippen LogP contribution is 2.22. The molecule has 0 unspecified atom stereocenters. The molecule has 0 aliphatic carbocycles. The van der Waals surface area contributed by atoms with Crippen LogP contribution in [0.3, 0.4) is 0 Å². The smallest absolute Gasteiger partial charge is 0.255 e. The maximum absolute atomic E-state index is 13.9. The van der Waals surface area contributed by atoms with Gasteiger partial charge in [0.15, 0.2) is 0 Å². The van der Waals surface area contributed by atoms with Crippen molar-refractivity contribution in [1.82, 2.24) is 9.97 Å². The van der Waals surface area contributed by atoms with Crippen molar-refractivity contribution in [2.45, 2.75) is 6.54 Å². The van der Waals surface area contributed by atoms with E-state index in [1.54, 1.807) is 36.4 Å². The highest BCUT2D eigenvalue weighted by atomic mass is 19.1. The van der Waals surface area contributed by atoms with Crippen LogP contribution in [0.25, 0.3) is 10.9 Å². The van der Waals surface area contributed by atoms with Crippen molar-refractivity contribution < 1.29 is 13.6 Å². The molecule has 0 fully saturated rings. The largest absolute Gasteiger partial charge is 0.365 e. The van der Waals surface area contributed by atoms with Gasteiger partial charge in [-0.25, -0.2) is 18.7 Å². The first-order chi connectivity index (χ1) is 14.1. The third-order valence-electron chi connectivity index (χ3n) is 4.35. The lowest BCUT2D eigenvalue weighted by atomic mass is 10.1. The average molecular weight is 390 g/mol. The molecule has 0 aliphatic rings. The second kappa shape index (κ2) is 8.02. The van der Waals surface area contributed by atoms with Gasteiger partial charge in [-0.2, -0.15) is 0 Å². The summed E-state index contributed by atoms with van der Waals surface area (Å²) >= 11 is 0. The van der Waals surface area contributed by atoms with E-state index in [0.717, 1.165) is 5.56 Å². The van der Waals surface area contributed by atoms with Crippen LogP contribution < -0.4 is 10.6 Å². The number of hydrogen-bond donors (Lipinski definition) is 2. The molecular formula is C22H16F2N4O. The lowest BCUT2D eigenvalue weighted by Crippen LogP contribution is -2.12. The minimum absolute atomic E-state index is 0.239. The number of halogens is 2. The van der Waals surface area contributed by atoms with Gasteiger partial charge >= 0.3 is 0 Å². The molecule has 7 heteroatoms. The van der Waals surface area contributed by atoms with E-state index in [0.29, 0.717) is 23.4 Å². The Morgan fingerprint density at radius 2 is 1.76 bits per heavy atom. The summed E-state index contributed by atoms with van der Waals surface area (Å²) < 4.78 is 27.2. The van der Waals surface area contributed by atoms with E-state index in [-0.39, 0.29) is 11.1 Å². The van der Waals surface area contributed by atoms with E-state index < -0.39 is 17.5 Å². The van der Waals surface area contributed by atoms with Gasteiger partial charge in [-0.15, -0.1) is 0 Å². The van der Waals surface area contributed by atoms with Crippen LogP contribution in [-0.4, -0.2) is 15.9 Å². The van der Waals surface area contributed by atoms with Gasteiger partial charge < -0.3 is 10.6 Å². The van der Waals surface area contributed by atoms with Gasteiger partial charge in [-0.1, -0.05) is 24.3 Å². The van der Waals surface area contributed by atoms with E-state index in [4.69, 9.17) is 0 Å². The second-order valence-electron chi connectivity index (χ2n) is 6.38. The first-order valence-corrected chi connectivity index (χ1v) is 8.89. The van der Waals surface area contributed by atoms with Crippen LogP contribution in [0.15, 0.2) is 73.1 Å². The molecule has 3 aromatic carbocycles. The summed E-state index contributed by atoms with van der Waals surface area (Å²) in [5.41, 5.74) is 1.95. The zero-order chi connectivity index (χ0) is 20.2. The number of rotatable bonds is 5. The molecule has 0 saturated heterocycles.